The number of thioether (sulfide) groups is 1. The van der Waals surface area contributed by atoms with Crippen molar-refractivity contribution in [2.24, 2.45) is 10.1 Å². The molecule has 1 amide bonds. The molecule has 0 aliphatic carbocycles. The van der Waals surface area contributed by atoms with E-state index < -0.39 is 0 Å². The van der Waals surface area contributed by atoms with Crippen LogP contribution in [0.15, 0.2) is 49.6 Å². The van der Waals surface area contributed by atoms with Crippen LogP contribution in [0.3, 0.4) is 0 Å². The molecule has 1 aromatic heterocycles. The number of hydrazone groups is 1. The van der Waals surface area contributed by atoms with Crippen LogP contribution < -0.4 is 15.9 Å². The molecule has 4 rings (SSSR count). The van der Waals surface area contributed by atoms with Crippen LogP contribution in [0, 0.1) is 0 Å². The molecule has 0 fully saturated rings. The van der Waals surface area contributed by atoms with Gasteiger partial charge >= 0.3 is 0 Å². The summed E-state index contributed by atoms with van der Waals surface area (Å²) in [6.45, 7) is 2.03. The SMILES string of the molecule is CCSC1=NN2C(=c3cc(Br)ccc3=N[C@@H]2c2ccsc2)C(=O)N1. The summed E-state index contributed by atoms with van der Waals surface area (Å²) in [4.78, 5) is 17.6. The minimum Gasteiger partial charge on any atom is -0.298 e. The molecule has 24 heavy (non-hydrogen) atoms. The van der Waals surface area contributed by atoms with E-state index in [2.05, 4.69) is 26.3 Å². The zero-order valence-corrected chi connectivity index (χ0v) is 15.9. The molecule has 5 nitrogen and oxygen atoms in total. The Morgan fingerprint density at radius 2 is 2.29 bits per heavy atom. The molecule has 122 valence electrons. The molecular formula is C16H13BrN4OS2. The highest BCUT2D eigenvalue weighted by Gasteiger charge is 2.34. The monoisotopic (exact) mass is 420 g/mol. The van der Waals surface area contributed by atoms with E-state index in [1.807, 2.05) is 41.9 Å². The summed E-state index contributed by atoms with van der Waals surface area (Å²) < 4.78 is 0.906. The maximum atomic E-state index is 12.8. The fourth-order valence-electron chi connectivity index (χ4n) is 2.69. The summed E-state index contributed by atoms with van der Waals surface area (Å²) >= 11 is 6.59. The van der Waals surface area contributed by atoms with Crippen LogP contribution in [-0.2, 0) is 4.79 Å². The third-order valence-electron chi connectivity index (χ3n) is 3.69. The van der Waals surface area contributed by atoms with Crippen LogP contribution in [0.5, 0.6) is 0 Å². The van der Waals surface area contributed by atoms with Crippen molar-refractivity contribution < 1.29 is 4.79 Å². The van der Waals surface area contributed by atoms with Crippen LogP contribution in [0.25, 0.3) is 5.70 Å². The summed E-state index contributed by atoms with van der Waals surface area (Å²) in [5.74, 6) is 0.695. The second-order valence-electron chi connectivity index (χ2n) is 5.21. The number of carbonyl (C=O) groups is 1. The van der Waals surface area contributed by atoms with Crippen molar-refractivity contribution in [1.82, 2.24) is 10.3 Å². The minimum absolute atomic E-state index is 0.143. The number of thiophene rings is 1. The minimum atomic E-state index is -0.321. The molecule has 0 radical (unpaired) electrons. The largest absolute Gasteiger partial charge is 0.298 e. The number of amidine groups is 1. The lowest BCUT2D eigenvalue weighted by atomic mass is 10.1. The predicted molar refractivity (Wildman–Crippen MR) is 101 cm³/mol. The number of carbonyl (C=O) groups excluding carboxylic acids is 1. The number of nitrogens with zero attached hydrogens (tertiary/aromatic N) is 3. The van der Waals surface area contributed by atoms with Gasteiger partial charge in [0.05, 0.1) is 5.36 Å². The zero-order chi connectivity index (χ0) is 16.7. The summed E-state index contributed by atoms with van der Waals surface area (Å²) in [5, 5.41) is 15.5. The highest BCUT2D eigenvalue weighted by Crippen LogP contribution is 2.31. The van der Waals surface area contributed by atoms with Crippen LogP contribution >= 0.6 is 39.0 Å². The molecule has 0 saturated heterocycles. The number of hydrogen-bond donors (Lipinski definition) is 1. The Hall–Kier alpha value is -1.64. The highest BCUT2D eigenvalue weighted by atomic mass is 79.9. The summed E-state index contributed by atoms with van der Waals surface area (Å²) in [5.41, 5.74) is 1.57. The number of fused-ring (bicyclic) bond motifs is 2. The highest BCUT2D eigenvalue weighted by molar-refractivity contribution is 9.10. The summed E-state index contributed by atoms with van der Waals surface area (Å²) in [7, 11) is 0. The van der Waals surface area contributed by atoms with E-state index in [9.17, 15) is 4.79 Å². The average molecular weight is 421 g/mol. The maximum Gasteiger partial charge on any atom is 0.276 e. The third kappa shape index (κ3) is 2.68. The van der Waals surface area contributed by atoms with Crippen molar-refractivity contribution >= 4 is 55.8 Å². The first-order valence-corrected chi connectivity index (χ1v) is 10.1. The number of nitrogens with one attached hydrogen (secondary N) is 1. The standard InChI is InChI=1S/C16H13BrN4OS2/c1-2-24-16-19-15(22)13-11-7-10(17)3-4-12(11)18-14(21(13)20-16)9-5-6-23-8-9/h3-8,14H,2H2,1H3,(H,19,20,22)/t14-/m0/s1. The van der Waals surface area contributed by atoms with Gasteiger partial charge in [0.1, 0.15) is 5.70 Å². The average Bonchev–Trinajstić information content (AvgIpc) is 3.08. The van der Waals surface area contributed by atoms with Gasteiger partial charge in [0, 0.05) is 15.3 Å². The second kappa shape index (κ2) is 6.34. The first-order chi connectivity index (χ1) is 11.7. The quantitative estimate of drug-likeness (QED) is 0.811. The first kappa shape index (κ1) is 15.9. The van der Waals surface area contributed by atoms with E-state index in [0.29, 0.717) is 10.9 Å². The molecule has 2 aromatic rings. The van der Waals surface area contributed by atoms with Gasteiger partial charge in [0.25, 0.3) is 5.91 Å². The molecule has 8 heteroatoms. The lowest BCUT2D eigenvalue weighted by Gasteiger charge is -2.33. The number of benzene rings is 1. The van der Waals surface area contributed by atoms with Crippen molar-refractivity contribution in [1.29, 1.82) is 0 Å². The lowest BCUT2D eigenvalue weighted by Crippen LogP contribution is -2.50. The number of halogens is 1. The van der Waals surface area contributed by atoms with E-state index in [4.69, 9.17) is 4.99 Å². The Bertz CT molecular complexity index is 955. The van der Waals surface area contributed by atoms with Crippen LogP contribution in [-0.4, -0.2) is 21.8 Å². The van der Waals surface area contributed by atoms with Crippen LogP contribution in [0.2, 0.25) is 0 Å². The van der Waals surface area contributed by atoms with Gasteiger partial charge in [-0.15, -0.1) is 5.10 Å². The molecule has 0 unspecified atom stereocenters. The van der Waals surface area contributed by atoms with E-state index >= 15 is 0 Å². The van der Waals surface area contributed by atoms with E-state index in [1.165, 1.54) is 11.8 Å². The molecule has 2 aliphatic heterocycles. The Morgan fingerprint density at radius 1 is 1.42 bits per heavy atom. The fraction of sp³-hybridized carbons (Fsp3) is 0.188. The summed E-state index contributed by atoms with van der Waals surface area (Å²) in [6, 6.07) is 7.80. The topological polar surface area (TPSA) is 57.1 Å². The smallest absolute Gasteiger partial charge is 0.276 e. The van der Waals surface area contributed by atoms with E-state index in [1.54, 1.807) is 16.3 Å². The van der Waals surface area contributed by atoms with Crippen molar-refractivity contribution in [2.45, 2.75) is 13.1 Å². The van der Waals surface area contributed by atoms with Gasteiger partial charge in [-0.05, 0) is 40.8 Å². The molecule has 2 aliphatic rings. The van der Waals surface area contributed by atoms with Crippen molar-refractivity contribution in [3.63, 3.8) is 0 Å². The molecule has 1 N–H and O–H groups in total. The number of amides is 1. The van der Waals surface area contributed by atoms with Gasteiger partial charge in [-0.1, -0.05) is 34.6 Å². The normalized spacial score (nSPS) is 19.2. The molecule has 0 bridgehead atoms. The summed E-state index contributed by atoms with van der Waals surface area (Å²) in [6.07, 6.45) is -0.321. The van der Waals surface area contributed by atoms with Crippen molar-refractivity contribution in [3.05, 3.63) is 55.6 Å². The Labute approximate surface area is 155 Å². The van der Waals surface area contributed by atoms with Gasteiger partial charge < -0.3 is 0 Å². The van der Waals surface area contributed by atoms with Crippen LogP contribution in [0.1, 0.15) is 18.7 Å². The molecule has 1 aromatic carbocycles. The lowest BCUT2D eigenvalue weighted by molar-refractivity contribution is -0.116. The second-order valence-corrected chi connectivity index (χ2v) is 8.15. The molecular weight excluding hydrogens is 408 g/mol. The number of rotatable bonds is 2. The van der Waals surface area contributed by atoms with Crippen molar-refractivity contribution in [2.75, 3.05) is 5.75 Å². The van der Waals surface area contributed by atoms with Gasteiger partial charge in [0.15, 0.2) is 11.3 Å². The van der Waals surface area contributed by atoms with Crippen LogP contribution in [0.4, 0.5) is 0 Å². The van der Waals surface area contributed by atoms with E-state index in [0.717, 1.165) is 26.4 Å². The van der Waals surface area contributed by atoms with Gasteiger partial charge in [-0.25, -0.2) is 5.01 Å². The molecule has 0 spiro atoms. The molecule has 0 saturated carbocycles. The fourth-order valence-corrected chi connectivity index (χ4v) is 4.31. The molecule has 3 heterocycles. The van der Waals surface area contributed by atoms with Gasteiger partial charge in [-0.2, -0.15) is 11.3 Å². The molecule has 1 atom stereocenters. The maximum absolute atomic E-state index is 12.8. The zero-order valence-electron chi connectivity index (χ0n) is 12.7. The Morgan fingerprint density at radius 3 is 3.04 bits per heavy atom. The predicted octanol–water partition coefficient (Wildman–Crippen LogP) is 2.41. The third-order valence-corrected chi connectivity index (χ3v) is 5.63. The Kier molecular flexibility index (Phi) is 4.19. The van der Waals surface area contributed by atoms with Gasteiger partial charge in [0.2, 0.25) is 0 Å². The van der Waals surface area contributed by atoms with Crippen molar-refractivity contribution in [3.8, 4) is 0 Å². The Balaban J connectivity index is 1.98. The van der Waals surface area contributed by atoms with E-state index in [-0.39, 0.29) is 12.1 Å². The first-order valence-electron chi connectivity index (χ1n) is 7.39. The van der Waals surface area contributed by atoms with Gasteiger partial charge in [-0.3, -0.25) is 15.1 Å². The number of hydrogen-bond acceptors (Lipinski definition) is 6.